The van der Waals surface area contributed by atoms with E-state index in [0.29, 0.717) is 0 Å². The average molecular weight is 277 g/mol. The van der Waals surface area contributed by atoms with Crippen molar-refractivity contribution in [2.45, 2.75) is 6.42 Å². The third-order valence-corrected chi connectivity index (χ3v) is 1.03. The van der Waals surface area contributed by atoms with Gasteiger partial charge in [0, 0.05) is 0 Å². The predicted molar refractivity (Wildman–Crippen MR) is 60.4 cm³/mol. The summed E-state index contributed by atoms with van der Waals surface area (Å²) in [5.74, 6) is 0. The largest absolute Gasteiger partial charge is 5.00 e. The van der Waals surface area contributed by atoms with Crippen molar-refractivity contribution >= 4 is 0 Å². The Bertz CT molecular complexity index is 173. The molecule has 2 rings (SSSR count). The molecule has 1 N–H and O–H groups in total. The van der Waals surface area contributed by atoms with E-state index >= 15 is 0 Å². The van der Waals surface area contributed by atoms with Crippen molar-refractivity contribution in [3.05, 3.63) is 71.1 Å². The van der Waals surface area contributed by atoms with Gasteiger partial charge in [0.15, 0.2) is 0 Å². The molecule has 0 saturated carbocycles. The van der Waals surface area contributed by atoms with Crippen molar-refractivity contribution in [3.8, 4) is 0 Å². The number of nitrogens with one attached hydrogen (secondary N) is 1. The second kappa shape index (κ2) is 18.2. The van der Waals surface area contributed by atoms with Crippen molar-refractivity contribution in [2.24, 2.45) is 0 Å². The fourth-order valence-corrected chi connectivity index (χ4v) is 0.581. The molecule has 0 atom stereocenters. The molecule has 0 fully saturated rings. The van der Waals surface area contributed by atoms with Crippen molar-refractivity contribution in [2.75, 3.05) is 0 Å². The predicted octanol–water partition coefficient (Wildman–Crippen LogP) is 3.47. The first-order chi connectivity index (χ1) is 5.00. The number of rotatable bonds is 0. The molecule has 0 aliphatic heterocycles. The molecule has 1 aromatic heterocycles. The summed E-state index contributed by atoms with van der Waals surface area (Å²) in [5.41, 5.74) is 0. The quantitative estimate of drug-likeness (QED) is 0.552. The van der Waals surface area contributed by atoms with Crippen LogP contribution in [0, 0.1) is 34.6 Å². The Morgan fingerprint density at radius 3 is 2.00 bits per heavy atom. The molecule has 1 aliphatic rings. The maximum absolute atomic E-state index is 2.99. The SMILES string of the molecule is [C-]1=CC=CC1.[CH3-].[CH3-].[CH3-].[Ru+5].[c-]1ccc[nH]1. The minimum Gasteiger partial charge on any atom is -0.484 e. The zero-order chi connectivity index (χ0) is 7.07. The first-order valence-electron chi connectivity index (χ1n) is 3.21. The monoisotopic (exact) mass is 278 g/mol. The number of H-pyrrole nitrogens is 1. The minimum atomic E-state index is 0. The smallest absolute Gasteiger partial charge is 0.484 e. The van der Waals surface area contributed by atoms with Gasteiger partial charge in [0.2, 0.25) is 0 Å². The Morgan fingerprint density at radius 1 is 1.14 bits per heavy atom. The van der Waals surface area contributed by atoms with E-state index in [2.05, 4.69) is 23.3 Å². The van der Waals surface area contributed by atoms with Crippen LogP contribution in [0.4, 0.5) is 0 Å². The van der Waals surface area contributed by atoms with Gasteiger partial charge in [-0.25, -0.2) is 12.2 Å². The molecule has 0 saturated heterocycles. The summed E-state index contributed by atoms with van der Waals surface area (Å²) < 4.78 is 0. The molecule has 1 nitrogen and oxygen atoms in total. The van der Waals surface area contributed by atoms with E-state index in [1.165, 1.54) is 0 Å². The molecule has 79 valence electrons. The van der Waals surface area contributed by atoms with Crippen molar-refractivity contribution < 1.29 is 19.5 Å². The van der Waals surface area contributed by atoms with Crippen LogP contribution >= 0.6 is 0 Å². The van der Waals surface area contributed by atoms with E-state index in [9.17, 15) is 0 Å². The van der Waals surface area contributed by atoms with E-state index in [1.54, 1.807) is 0 Å². The summed E-state index contributed by atoms with van der Waals surface area (Å²) in [5, 5.41) is 0. The number of aromatic amines is 1. The van der Waals surface area contributed by atoms with Crippen molar-refractivity contribution in [1.29, 1.82) is 0 Å². The van der Waals surface area contributed by atoms with E-state index in [0.717, 1.165) is 6.42 Å². The van der Waals surface area contributed by atoms with Gasteiger partial charge in [0.05, 0.1) is 0 Å². The van der Waals surface area contributed by atoms with Crippen LogP contribution in [0.2, 0.25) is 0 Å². The molecule has 1 aromatic rings. The number of aromatic nitrogens is 1. The van der Waals surface area contributed by atoms with Gasteiger partial charge in [-0.05, 0) is 0 Å². The van der Waals surface area contributed by atoms with Gasteiger partial charge >= 0.3 is 19.5 Å². The topological polar surface area (TPSA) is 15.8 Å². The zero-order valence-electron chi connectivity index (χ0n) is 9.02. The second-order valence-corrected chi connectivity index (χ2v) is 1.82. The van der Waals surface area contributed by atoms with Crippen LogP contribution in [-0.2, 0) is 19.5 Å². The molecule has 0 amide bonds. The summed E-state index contributed by atoms with van der Waals surface area (Å²) >= 11 is 0. The van der Waals surface area contributed by atoms with Crippen LogP contribution < -0.4 is 0 Å². The standard InChI is InChI=1S/C5H5.C4H4N.3CH3.Ru/c2*1-2-4-5-3-1;;;;/h1-3H,4H2;1-3,5H;3*1H3;/q5*-1;+5. The minimum absolute atomic E-state index is 0. The average Bonchev–Trinajstić information content (AvgIpc) is 2.67. The normalized spacial score (nSPS) is 9.14. The first-order valence-corrected chi connectivity index (χ1v) is 3.21. The maximum Gasteiger partial charge on any atom is 5.00 e. The molecule has 2 heteroatoms. The fourth-order valence-electron chi connectivity index (χ4n) is 0.581. The third-order valence-electron chi connectivity index (χ3n) is 1.03. The Labute approximate surface area is 102 Å². The zero-order valence-corrected chi connectivity index (χ0v) is 10.8. The summed E-state index contributed by atoms with van der Waals surface area (Å²) in [6.45, 7) is 0. The second-order valence-electron chi connectivity index (χ2n) is 1.82. The summed E-state index contributed by atoms with van der Waals surface area (Å²) in [6.07, 6.45) is 14.6. The van der Waals surface area contributed by atoms with Crippen molar-refractivity contribution in [3.63, 3.8) is 0 Å². The molecule has 0 bridgehead atoms. The van der Waals surface area contributed by atoms with Gasteiger partial charge < -0.3 is 27.3 Å². The van der Waals surface area contributed by atoms with E-state index < -0.39 is 0 Å². The summed E-state index contributed by atoms with van der Waals surface area (Å²) in [6, 6.07) is 3.71. The van der Waals surface area contributed by atoms with Crippen molar-refractivity contribution in [1.82, 2.24) is 4.98 Å². The van der Waals surface area contributed by atoms with Gasteiger partial charge in [0.25, 0.3) is 0 Å². The van der Waals surface area contributed by atoms with Crippen LogP contribution in [0.15, 0.2) is 36.6 Å². The molecule has 1 heterocycles. The Kier molecular flexibility index (Phi) is 30.3. The van der Waals surface area contributed by atoms with Crippen LogP contribution in [0.3, 0.4) is 0 Å². The summed E-state index contributed by atoms with van der Waals surface area (Å²) in [4.78, 5) is 2.74. The molecule has 0 aromatic carbocycles. The van der Waals surface area contributed by atoms with Gasteiger partial charge in [0.1, 0.15) is 0 Å². The molecular weight excluding hydrogens is 259 g/mol. The number of allylic oxidation sites excluding steroid dienone is 4. The van der Waals surface area contributed by atoms with E-state index in [4.69, 9.17) is 0 Å². The molecule has 14 heavy (non-hydrogen) atoms. The van der Waals surface area contributed by atoms with Crippen LogP contribution in [0.5, 0.6) is 0 Å². The molecule has 0 unspecified atom stereocenters. The van der Waals surface area contributed by atoms with Gasteiger partial charge in [-0.15, -0.1) is 12.6 Å². The van der Waals surface area contributed by atoms with E-state index in [-0.39, 0.29) is 41.8 Å². The first kappa shape index (κ1) is 23.3. The molecule has 0 spiro atoms. The van der Waals surface area contributed by atoms with Gasteiger partial charge in [-0.3, -0.25) is 6.08 Å². The van der Waals surface area contributed by atoms with E-state index in [1.807, 2.05) is 30.5 Å². The van der Waals surface area contributed by atoms with Crippen LogP contribution in [0.25, 0.3) is 0 Å². The molecule has 1 radical (unpaired) electrons. The number of hydrogen-bond donors (Lipinski definition) is 1. The Hall–Kier alpha value is -0.617. The fraction of sp³-hybridized carbons (Fsp3) is 0.0833. The van der Waals surface area contributed by atoms with Gasteiger partial charge in [-0.1, -0.05) is 0 Å². The molecular formula is C12H18NRu. The Morgan fingerprint density at radius 2 is 1.86 bits per heavy atom. The van der Waals surface area contributed by atoms with Crippen LogP contribution in [0.1, 0.15) is 6.42 Å². The Balaban J connectivity index is -0.0000000556. The summed E-state index contributed by atoms with van der Waals surface area (Å²) in [7, 11) is 0. The maximum atomic E-state index is 2.99. The molecule has 1 aliphatic carbocycles. The number of hydrogen-bond acceptors (Lipinski definition) is 0. The van der Waals surface area contributed by atoms with Gasteiger partial charge in [-0.2, -0.15) is 24.4 Å². The van der Waals surface area contributed by atoms with Crippen LogP contribution in [-0.4, -0.2) is 4.98 Å². The third kappa shape index (κ3) is 13.9.